The van der Waals surface area contributed by atoms with Gasteiger partial charge in [-0.3, -0.25) is 4.79 Å². The fourth-order valence-electron chi connectivity index (χ4n) is 2.70. The first kappa shape index (κ1) is 17.5. The molecule has 1 N–H and O–H groups in total. The van der Waals surface area contributed by atoms with Gasteiger partial charge in [0.1, 0.15) is 17.2 Å². The van der Waals surface area contributed by atoms with Crippen LogP contribution >= 0.6 is 0 Å². The molecule has 0 aliphatic rings. The standard InChI is InChI=1S/C22H21NO3/c1-15-12-16(2)14-18(13-15)23-22(24)17-4-6-20(7-5-17)26-21-10-8-19(25-3)9-11-21/h4-14H,1-3H3,(H,23,24). The number of aryl methyl sites for hydroxylation is 2. The number of hydrogen-bond donors (Lipinski definition) is 1. The summed E-state index contributed by atoms with van der Waals surface area (Å²) < 4.78 is 10.9. The number of rotatable bonds is 5. The van der Waals surface area contributed by atoms with E-state index >= 15 is 0 Å². The van der Waals surface area contributed by atoms with Gasteiger partial charge in [-0.1, -0.05) is 6.07 Å². The molecule has 4 heteroatoms. The quantitative estimate of drug-likeness (QED) is 0.676. The number of nitrogens with one attached hydrogen (secondary N) is 1. The van der Waals surface area contributed by atoms with Crippen molar-refractivity contribution in [2.45, 2.75) is 13.8 Å². The molecule has 0 bridgehead atoms. The number of carbonyl (C=O) groups is 1. The predicted octanol–water partition coefficient (Wildman–Crippen LogP) is 5.36. The van der Waals surface area contributed by atoms with Crippen LogP contribution in [-0.4, -0.2) is 13.0 Å². The minimum absolute atomic E-state index is 0.147. The molecule has 1 amide bonds. The number of amides is 1. The second-order valence-corrected chi connectivity index (χ2v) is 6.13. The van der Waals surface area contributed by atoms with Crippen molar-refractivity contribution in [3.8, 4) is 17.2 Å². The highest BCUT2D eigenvalue weighted by Gasteiger charge is 2.07. The van der Waals surface area contributed by atoms with Crippen LogP contribution < -0.4 is 14.8 Å². The molecule has 0 aliphatic carbocycles. The zero-order valence-corrected chi connectivity index (χ0v) is 15.1. The zero-order valence-electron chi connectivity index (χ0n) is 15.1. The summed E-state index contributed by atoms with van der Waals surface area (Å²) in [5, 5.41) is 2.93. The third-order valence-electron chi connectivity index (χ3n) is 3.89. The first-order valence-electron chi connectivity index (χ1n) is 8.35. The molecule has 4 nitrogen and oxygen atoms in total. The lowest BCUT2D eigenvalue weighted by atomic mass is 10.1. The normalized spacial score (nSPS) is 10.3. The van der Waals surface area contributed by atoms with Crippen molar-refractivity contribution in [3.63, 3.8) is 0 Å². The second kappa shape index (κ2) is 7.74. The van der Waals surface area contributed by atoms with Crippen molar-refractivity contribution >= 4 is 11.6 Å². The minimum atomic E-state index is -0.147. The van der Waals surface area contributed by atoms with Gasteiger partial charge in [-0.2, -0.15) is 0 Å². The first-order valence-corrected chi connectivity index (χ1v) is 8.35. The molecular weight excluding hydrogens is 326 g/mol. The van der Waals surface area contributed by atoms with E-state index in [1.807, 2.05) is 50.2 Å². The fraction of sp³-hybridized carbons (Fsp3) is 0.136. The van der Waals surface area contributed by atoms with Crippen molar-refractivity contribution in [1.29, 1.82) is 0 Å². The summed E-state index contributed by atoms with van der Waals surface area (Å²) >= 11 is 0. The predicted molar refractivity (Wildman–Crippen MR) is 103 cm³/mol. The minimum Gasteiger partial charge on any atom is -0.497 e. The van der Waals surface area contributed by atoms with Gasteiger partial charge in [-0.25, -0.2) is 0 Å². The monoisotopic (exact) mass is 347 g/mol. The number of carbonyl (C=O) groups excluding carboxylic acids is 1. The Morgan fingerprint density at radius 2 is 1.27 bits per heavy atom. The second-order valence-electron chi connectivity index (χ2n) is 6.13. The van der Waals surface area contributed by atoms with Crippen LogP contribution in [0.2, 0.25) is 0 Å². The third kappa shape index (κ3) is 4.42. The Balaban J connectivity index is 1.67. The van der Waals surface area contributed by atoms with Crippen LogP contribution in [0.15, 0.2) is 66.7 Å². The zero-order chi connectivity index (χ0) is 18.5. The lowest BCUT2D eigenvalue weighted by Gasteiger charge is -2.09. The summed E-state index contributed by atoms with van der Waals surface area (Å²) in [6.07, 6.45) is 0. The van der Waals surface area contributed by atoms with E-state index < -0.39 is 0 Å². The highest BCUT2D eigenvalue weighted by molar-refractivity contribution is 6.04. The van der Waals surface area contributed by atoms with E-state index in [9.17, 15) is 4.79 Å². The van der Waals surface area contributed by atoms with Gasteiger partial charge in [-0.15, -0.1) is 0 Å². The molecule has 0 heterocycles. The molecule has 0 aromatic heterocycles. The largest absolute Gasteiger partial charge is 0.497 e. The maximum absolute atomic E-state index is 12.4. The Morgan fingerprint density at radius 3 is 1.81 bits per heavy atom. The smallest absolute Gasteiger partial charge is 0.255 e. The van der Waals surface area contributed by atoms with E-state index in [0.29, 0.717) is 17.1 Å². The molecular formula is C22H21NO3. The summed E-state index contributed by atoms with van der Waals surface area (Å²) in [4.78, 5) is 12.4. The maximum atomic E-state index is 12.4. The molecule has 3 aromatic rings. The Kier molecular flexibility index (Phi) is 5.23. The Labute approximate surface area is 153 Å². The number of benzene rings is 3. The number of hydrogen-bond acceptors (Lipinski definition) is 3. The topological polar surface area (TPSA) is 47.6 Å². The molecule has 0 atom stereocenters. The van der Waals surface area contributed by atoms with E-state index in [4.69, 9.17) is 9.47 Å². The summed E-state index contributed by atoms with van der Waals surface area (Å²) in [5.74, 6) is 2.00. The number of ether oxygens (including phenoxy) is 2. The SMILES string of the molecule is COc1ccc(Oc2ccc(C(=O)Nc3cc(C)cc(C)c3)cc2)cc1. The van der Waals surface area contributed by atoms with Crippen molar-refractivity contribution in [2.75, 3.05) is 12.4 Å². The molecule has 0 saturated carbocycles. The molecule has 132 valence electrons. The van der Waals surface area contributed by atoms with Gasteiger partial charge in [0, 0.05) is 11.3 Å². The van der Waals surface area contributed by atoms with Crippen LogP contribution in [0.5, 0.6) is 17.2 Å². The highest BCUT2D eigenvalue weighted by atomic mass is 16.5. The van der Waals surface area contributed by atoms with Crippen LogP contribution in [0.1, 0.15) is 21.5 Å². The molecule has 0 aliphatic heterocycles. The van der Waals surface area contributed by atoms with Crippen LogP contribution in [0.3, 0.4) is 0 Å². The average Bonchev–Trinajstić information content (AvgIpc) is 2.62. The summed E-state index contributed by atoms with van der Waals surface area (Å²) in [5.41, 5.74) is 3.60. The van der Waals surface area contributed by atoms with E-state index in [0.717, 1.165) is 22.6 Å². The van der Waals surface area contributed by atoms with E-state index in [-0.39, 0.29) is 5.91 Å². The number of anilines is 1. The molecule has 26 heavy (non-hydrogen) atoms. The van der Waals surface area contributed by atoms with Crippen LogP contribution in [0.4, 0.5) is 5.69 Å². The van der Waals surface area contributed by atoms with Crippen molar-refractivity contribution in [2.24, 2.45) is 0 Å². The van der Waals surface area contributed by atoms with Crippen LogP contribution in [-0.2, 0) is 0 Å². The molecule has 0 radical (unpaired) electrons. The molecule has 0 spiro atoms. The molecule has 3 rings (SSSR count). The van der Waals surface area contributed by atoms with Crippen LogP contribution in [0.25, 0.3) is 0 Å². The Bertz CT molecular complexity index is 879. The van der Waals surface area contributed by atoms with Gasteiger partial charge in [0.05, 0.1) is 7.11 Å². The fourth-order valence-corrected chi connectivity index (χ4v) is 2.70. The summed E-state index contributed by atoms with van der Waals surface area (Å²) in [6.45, 7) is 4.02. The van der Waals surface area contributed by atoms with Gasteiger partial charge in [0.2, 0.25) is 0 Å². The van der Waals surface area contributed by atoms with Gasteiger partial charge in [0.25, 0.3) is 5.91 Å². The van der Waals surface area contributed by atoms with Gasteiger partial charge in [-0.05, 0) is 85.6 Å². The number of methoxy groups -OCH3 is 1. The Morgan fingerprint density at radius 1 is 0.769 bits per heavy atom. The van der Waals surface area contributed by atoms with Crippen molar-refractivity contribution in [1.82, 2.24) is 0 Å². The summed E-state index contributed by atoms with van der Waals surface area (Å²) in [7, 11) is 1.62. The lowest BCUT2D eigenvalue weighted by molar-refractivity contribution is 0.102. The first-order chi connectivity index (χ1) is 12.5. The van der Waals surface area contributed by atoms with Gasteiger partial charge < -0.3 is 14.8 Å². The van der Waals surface area contributed by atoms with Crippen molar-refractivity contribution in [3.05, 3.63) is 83.4 Å². The molecule has 0 unspecified atom stereocenters. The van der Waals surface area contributed by atoms with Gasteiger partial charge >= 0.3 is 0 Å². The highest BCUT2D eigenvalue weighted by Crippen LogP contribution is 2.24. The molecule has 0 fully saturated rings. The lowest BCUT2D eigenvalue weighted by Crippen LogP contribution is -2.11. The van der Waals surface area contributed by atoms with Crippen molar-refractivity contribution < 1.29 is 14.3 Å². The maximum Gasteiger partial charge on any atom is 0.255 e. The van der Waals surface area contributed by atoms with Crippen LogP contribution in [0, 0.1) is 13.8 Å². The molecule has 0 saturated heterocycles. The van der Waals surface area contributed by atoms with E-state index in [2.05, 4.69) is 11.4 Å². The third-order valence-corrected chi connectivity index (χ3v) is 3.89. The molecule has 3 aromatic carbocycles. The summed E-state index contributed by atoms with van der Waals surface area (Å²) in [6, 6.07) is 20.4. The van der Waals surface area contributed by atoms with E-state index in [1.165, 1.54) is 0 Å². The average molecular weight is 347 g/mol. The Hall–Kier alpha value is -3.27. The van der Waals surface area contributed by atoms with E-state index in [1.54, 1.807) is 31.4 Å². The van der Waals surface area contributed by atoms with Gasteiger partial charge in [0.15, 0.2) is 0 Å².